The van der Waals surface area contributed by atoms with Gasteiger partial charge in [-0.05, 0) is 31.5 Å². The Morgan fingerprint density at radius 2 is 2.31 bits per heavy atom. The van der Waals surface area contributed by atoms with Crippen molar-refractivity contribution in [2.24, 2.45) is 0 Å². The summed E-state index contributed by atoms with van der Waals surface area (Å²) >= 11 is 0.978. The Labute approximate surface area is 81.3 Å². The Bertz CT molecular complexity index is 294. The van der Waals surface area contributed by atoms with Crippen LogP contribution in [0.2, 0.25) is 0 Å². The normalized spacial score (nSPS) is 20.1. The van der Waals surface area contributed by atoms with E-state index in [9.17, 15) is 9.59 Å². The van der Waals surface area contributed by atoms with Gasteiger partial charge in [-0.1, -0.05) is 11.6 Å². The predicted octanol–water partition coefficient (Wildman–Crippen LogP) is 2.21. The Kier molecular flexibility index (Phi) is 3.31. The summed E-state index contributed by atoms with van der Waals surface area (Å²) < 4.78 is 0. The minimum atomic E-state index is -0.280. The van der Waals surface area contributed by atoms with Crippen molar-refractivity contribution in [2.75, 3.05) is 0 Å². The van der Waals surface area contributed by atoms with Crippen molar-refractivity contribution in [3.8, 4) is 0 Å². The van der Waals surface area contributed by atoms with Gasteiger partial charge in [0.15, 0.2) is 0 Å². The number of rotatable bonds is 3. The number of hydrogen-bond donors (Lipinski definition) is 1. The molecule has 0 aliphatic carbocycles. The Balaban J connectivity index is 2.72. The van der Waals surface area contributed by atoms with Crippen LogP contribution in [0.4, 0.5) is 4.79 Å². The van der Waals surface area contributed by atoms with Crippen molar-refractivity contribution in [1.29, 1.82) is 0 Å². The van der Waals surface area contributed by atoms with Crippen molar-refractivity contribution >= 4 is 22.9 Å². The molecule has 1 aliphatic heterocycles. The summed E-state index contributed by atoms with van der Waals surface area (Å²) in [5, 5.41) is 1.95. The quantitative estimate of drug-likeness (QED) is 0.557. The first-order chi connectivity index (χ1) is 6.15. The molecule has 1 rings (SSSR count). The van der Waals surface area contributed by atoms with E-state index in [-0.39, 0.29) is 11.1 Å². The van der Waals surface area contributed by atoms with Crippen molar-refractivity contribution in [3.63, 3.8) is 0 Å². The van der Waals surface area contributed by atoms with E-state index < -0.39 is 0 Å². The average Bonchev–Trinajstić information content (AvgIpc) is 2.41. The van der Waals surface area contributed by atoms with E-state index in [0.29, 0.717) is 4.91 Å². The van der Waals surface area contributed by atoms with Crippen LogP contribution in [0.15, 0.2) is 23.1 Å². The highest BCUT2D eigenvalue weighted by molar-refractivity contribution is 8.18. The van der Waals surface area contributed by atoms with Gasteiger partial charge in [-0.25, -0.2) is 0 Å². The van der Waals surface area contributed by atoms with Crippen LogP contribution in [0.25, 0.3) is 0 Å². The highest BCUT2D eigenvalue weighted by Gasteiger charge is 2.26. The van der Waals surface area contributed by atoms with Gasteiger partial charge in [-0.3, -0.25) is 14.9 Å². The molecule has 3 nitrogen and oxygen atoms in total. The van der Waals surface area contributed by atoms with E-state index in [1.807, 2.05) is 6.92 Å². The Hall–Kier alpha value is -1.03. The lowest BCUT2D eigenvalue weighted by molar-refractivity contribution is -0.115. The molecule has 1 heterocycles. The third-order valence-electron chi connectivity index (χ3n) is 1.73. The molecular formula is C9H11NO2S. The minimum Gasteiger partial charge on any atom is -0.282 e. The third kappa shape index (κ3) is 2.45. The number of allylic oxidation sites excluding steroid dienone is 2. The maximum atomic E-state index is 11.2. The molecule has 70 valence electrons. The Morgan fingerprint density at radius 3 is 2.77 bits per heavy atom. The van der Waals surface area contributed by atoms with Gasteiger partial charge < -0.3 is 0 Å². The van der Waals surface area contributed by atoms with E-state index in [2.05, 4.69) is 11.9 Å². The lowest BCUT2D eigenvalue weighted by Crippen LogP contribution is -2.18. The van der Waals surface area contributed by atoms with E-state index in [0.717, 1.165) is 30.2 Å². The number of amides is 2. The van der Waals surface area contributed by atoms with Crippen LogP contribution in [0.5, 0.6) is 0 Å². The molecule has 0 aromatic carbocycles. The SMILES string of the molecule is C=CCC/C(C)=C1\SC(=O)NC1=O. The van der Waals surface area contributed by atoms with Gasteiger partial charge in [0, 0.05) is 0 Å². The predicted molar refractivity (Wildman–Crippen MR) is 53.3 cm³/mol. The number of carbonyl (C=O) groups is 2. The fraction of sp³-hybridized carbons (Fsp3) is 0.333. The third-order valence-corrected chi connectivity index (χ3v) is 2.75. The zero-order valence-electron chi connectivity index (χ0n) is 7.42. The summed E-state index contributed by atoms with van der Waals surface area (Å²) in [7, 11) is 0. The maximum Gasteiger partial charge on any atom is 0.290 e. The van der Waals surface area contributed by atoms with Crippen LogP contribution in [0, 0.1) is 0 Å². The topological polar surface area (TPSA) is 46.2 Å². The first kappa shape index (κ1) is 10.1. The van der Waals surface area contributed by atoms with Crippen LogP contribution in [-0.4, -0.2) is 11.1 Å². The monoisotopic (exact) mass is 197 g/mol. The van der Waals surface area contributed by atoms with E-state index in [4.69, 9.17) is 0 Å². The molecule has 1 N–H and O–H groups in total. The molecule has 0 saturated carbocycles. The van der Waals surface area contributed by atoms with E-state index in [1.165, 1.54) is 0 Å². The molecule has 0 atom stereocenters. The lowest BCUT2D eigenvalue weighted by atomic mass is 10.1. The largest absolute Gasteiger partial charge is 0.290 e. The summed E-state index contributed by atoms with van der Waals surface area (Å²) in [6.07, 6.45) is 3.41. The van der Waals surface area contributed by atoms with Crippen LogP contribution < -0.4 is 5.32 Å². The molecule has 1 fully saturated rings. The fourth-order valence-corrected chi connectivity index (χ4v) is 1.78. The van der Waals surface area contributed by atoms with Gasteiger partial charge >= 0.3 is 0 Å². The van der Waals surface area contributed by atoms with Crippen LogP contribution in [-0.2, 0) is 4.79 Å². The van der Waals surface area contributed by atoms with Crippen molar-refractivity contribution in [3.05, 3.63) is 23.1 Å². The molecular weight excluding hydrogens is 186 g/mol. The standard InChI is InChI=1S/C9H11NO2S/c1-3-4-5-6(2)7-8(11)10-9(12)13-7/h3H,1,4-5H2,2H3,(H,10,11,12)/b7-6-. The van der Waals surface area contributed by atoms with Crippen LogP contribution >= 0.6 is 11.8 Å². The molecule has 0 aromatic rings. The van der Waals surface area contributed by atoms with Crippen molar-refractivity contribution in [1.82, 2.24) is 5.32 Å². The molecule has 2 amide bonds. The molecule has 4 heteroatoms. The van der Waals surface area contributed by atoms with E-state index >= 15 is 0 Å². The zero-order valence-corrected chi connectivity index (χ0v) is 8.24. The second kappa shape index (κ2) is 4.28. The highest BCUT2D eigenvalue weighted by atomic mass is 32.2. The first-order valence-corrected chi connectivity index (χ1v) is 4.80. The van der Waals surface area contributed by atoms with E-state index in [1.54, 1.807) is 6.08 Å². The smallest absolute Gasteiger partial charge is 0.282 e. The second-order valence-corrected chi connectivity index (χ2v) is 3.76. The van der Waals surface area contributed by atoms with Crippen LogP contribution in [0.3, 0.4) is 0 Å². The van der Waals surface area contributed by atoms with Gasteiger partial charge in [0.25, 0.3) is 11.1 Å². The average molecular weight is 197 g/mol. The van der Waals surface area contributed by atoms with Gasteiger partial charge in [-0.2, -0.15) is 0 Å². The lowest BCUT2D eigenvalue weighted by Gasteiger charge is -1.99. The summed E-state index contributed by atoms with van der Waals surface area (Å²) in [5.41, 5.74) is 0.952. The molecule has 0 spiro atoms. The number of thioether (sulfide) groups is 1. The number of carbonyl (C=O) groups excluding carboxylic acids is 2. The number of imide groups is 1. The van der Waals surface area contributed by atoms with Crippen LogP contribution in [0.1, 0.15) is 19.8 Å². The van der Waals surface area contributed by atoms with Gasteiger partial charge in [0.2, 0.25) is 0 Å². The zero-order chi connectivity index (χ0) is 9.84. The minimum absolute atomic E-state index is 0.267. The summed E-state index contributed by atoms with van der Waals surface area (Å²) in [4.78, 5) is 22.5. The highest BCUT2D eigenvalue weighted by Crippen LogP contribution is 2.28. The maximum absolute atomic E-state index is 11.2. The molecule has 1 aliphatic rings. The van der Waals surface area contributed by atoms with Gasteiger partial charge in [0.1, 0.15) is 0 Å². The summed E-state index contributed by atoms with van der Waals surface area (Å²) in [5.74, 6) is -0.267. The van der Waals surface area contributed by atoms with Crippen molar-refractivity contribution in [2.45, 2.75) is 19.8 Å². The Morgan fingerprint density at radius 1 is 1.62 bits per heavy atom. The molecule has 13 heavy (non-hydrogen) atoms. The van der Waals surface area contributed by atoms with Gasteiger partial charge in [-0.15, -0.1) is 6.58 Å². The van der Waals surface area contributed by atoms with Gasteiger partial charge in [0.05, 0.1) is 4.91 Å². The molecule has 0 bridgehead atoms. The fourth-order valence-electron chi connectivity index (χ4n) is 1.03. The number of nitrogens with one attached hydrogen (secondary N) is 1. The molecule has 0 unspecified atom stereocenters. The summed E-state index contributed by atoms with van der Waals surface area (Å²) in [6, 6.07) is 0. The first-order valence-electron chi connectivity index (χ1n) is 3.99. The molecule has 0 radical (unpaired) electrons. The summed E-state index contributed by atoms with van der Waals surface area (Å²) in [6.45, 7) is 5.46. The second-order valence-electron chi connectivity index (χ2n) is 2.78. The molecule has 1 saturated heterocycles. The molecule has 0 aromatic heterocycles. The number of hydrogen-bond acceptors (Lipinski definition) is 3. The van der Waals surface area contributed by atoms with Crippen molar-refractivity contribution < 1.29 is 9.59 Å².